The molecule has 0 aliphatic rings. The first kappa shape index (κ1) is 16.6. The summed E-state index contributed by atoms with van der Waals surface area (Å²) in [6.07, 6.45) is 0. The van der Waals surface area contributed by atoms with Gasteiger partial charge in [-0.25, -0.2) is 0 Å². The number of nitrogens with zero attached hydrogens (tertiary/aromatic N) is 7. The third kappa shape index (κ3) is 5.16. The molecule has 0 fully saturated rings. The second-order valence-corrected chi connectivity index (χ2v) is 5.83. The van der Waals surface area contributed by atoms with E-state index in [1.54, 1.807) is 36.0 Å². The molecule has 2 rings (SSSR count). The van der Waals surface area contributed by atoms with Gasteiger partial charge in [-0.15, -0.1) is 11.8 Å². The standard InChI is InChI=1S/C15H15N7S/c1-22(14-6-2-12(3-7-14)18-20-16)10-11-23-15-8-4-13(5-9-15)19-21-17/h2-9H,10-11H2,1H3. The molecule has 0 aliphatic heterocycles. The molecule has 0 N–H and O–H groups in total. The molecule has 0 aliphatic carbocycles. The van der Waals surface area contributed by atoms with E-state index in [-0.39, 0.29) is 0 Å². The van der Waals surface area contributed by atoms with Crippen LogP contribution in [-0.4, -0.2) is 19.3 Å². The van der Waals surface area contributed by atoms with E-state index in [1.165, 1.54) is 0 Å². The predicted molar refractivity (Wildman–Crippen MR) is 94.5 cm³/mol. The van der Waals surface area contributed by atoms with Crippen molar-refractivity contribution in [2.75, 3.05) is 24.2 Å². The van der Waals surface area contributed by atoms with Gasteiger partial charge in [0.15, 0.2) is 0 Å². The van der Waals surface area contributed by atoms with E-state index in [4.69, 9.17) is 11.1 Å². The maximum absolute atomic E-state index is 8.39. The molecule has 0 saturated heterocycles. The lowest BCUT2D eigenvalue weighted by Gasteiger charge is -2.19. The lowest BCUT2D eigenvalue weighted by Crippen LogP contribution is -2.19. The number of anilines is 1. The number of rotatable bonds is 7. The summed E-state index contributed by atoms with van der Waals surface area (Å²) in [7, 11) is 2.02. The number of hydrogen-bond acceptors (Lipinski definition) is 4. The fourth-order valence-corrected chi connectivity index (χ4v) is 2.84. The molecule has 0 unspecified atom stereocenters. The van der Waals surface area contributed by atoms with Gasteiger partial charge < -0.3 is 4.90 Å². The lowest BCUT2D eigenvalue weighted by atomic mass is 10.2. The van der Waals surface area contributed by atoms with Gasteiger partial charge in [0, 0.05) is 51.1 Å². The van der Waals surface area contributed by atoms with Crippen molar-refractivity contribution in [2.45, 2.75) is 4.90 Å². The summed E-state index contributed by atoms with van der Waals surface area (Å²) >= 11 is 1.74. The Bertz CT molecular complexity index is 729. The van der Waals surface area contributed by atoms with Crippen LogP contribution in [0.2, 0.25) is 0 Å². The summed E-state index contributed by atoms with van der Waals surface area (Å²) in [5, 5.41) is 7.11. The number of thioether (sulfide) groups is 1. The average Bonchev–Trinajstić information content (AvgIpc) is 2.57. The van der Waals surface area contributed by atoms with Gasteiger partial charge in [0.2, 0.25) is 0 Å². The van der Waals surface area contributed by atoms with E-state index >= 15 is 0 Å². The summed E-state index contributed by atoms with van der Waals surface area (Å²) in [5.74, 6) is 0.926. The second-order valence-electron chi connectivity index (χ2n) is 4.66. The monoisotopic (exact) mass is 325 g/mol. The zero-order chi connectivity index (χ0) is 16.5. The van der Waals surface area contributed by atoms with Crippen LogP contribution in [0, 0.1) is 0 Å². The zero-order valence-electron chi connectivity index (χ0n) is 12.6. The molecule has 7 nitrogen and oxygen atoms in total. The number of hydrogen-bond donors (Lipinski definition) is 0. The first-order valence-corrected chi connectivity index (χ1v) is 7.86. The van der Waals surface area contributed by atoms with E-state index in [1.807, 2.05) is 31.3 Å². The topological polar surface area (TPSA) is 101 Å². The third-order valence-corrected chi connectivity index (χ3v) is 4.14. The fraction of sp³-hybridized carbons (Fsp3) is 0.200. The van der Waals surface area contributed by atoms with Crippen LogP contribution >= 0.6 is 11.8 Å². The molecular weight excluding hydrogens is 310 g/mol. The fourth-order valence-electron chi connectivity index (χ4n) is 1.92. The summed E-state index contributed by atoms with van der Waals surface area (Å²) < 4.78 is 0. The predicted octanol–water partition coefficient (Wildman–Crippen LogP) is 5.80. The maximum atomic E-state index is 8.39. The van der Waals surface area contributed by atoms with Crippen molar-refractivity contribution >= 4 is 28.8 Å². The minimum Gasteiger partial charge on any atom is -0.374 e. The van der Waals surface area contributed by atoms with Crippen LogP contribution in [0.25, 0.3) is 20.9 Å². The van der Waals surface area contributed by atoms with Gasteiger partial charge >= 0.3 is 0 Å². The SMILES string of the molecule is CN(CCSc1ccc(N=[N+]=[N-])cc1)c1ccc(N=[N+]=[N-])cc1. The van der Waals surface area contributed by atoms with Crippen molar-refractivity contribution < 1.29 is 0 Å². The van der Waals surface area contributed by atoms with Gasteiger partial charge in [-0.1, -0.05) is 34.5 Å². The van der Waals surface area contributed by atoms with Crippen molar-refractivity contribution in [1.82, 2.24) is 0 Å². The molecule has 2 aromatic carbocycles. The van der Waals surface area contributed by atoms with Crippen molar-refractivity contribution in [3.63, 3.8) is 0 Å². The van der Waals surface area contributed by atoms with Crippen LogP contribution in [0.5, 0.6) is 0 Å². The molecule has 0 bridgehead atoms. The molecule has 0 radical (unpaired) electrons. The van der Waals surface area contributed by atoms with Gasteiger partial charge in [-0.05, 0) is 35.3 Å². The summed E-state index contributed by atoms with van der Waals surface area (Å²) in [6.45, 7) is 0.879. The molecule has 2 aromatic rings. The highest BCUT2D eigenvalue weighted by Gasteiger charge is 2.01. The largest absolute Gasteiger partial charge is 0.374 e. The first-order chi connectivity index (χ1) is 11.2. The Morgan fingerprint density at radius 2 is 1.43 bits per heavy atom. The minimum absolute atomic E-state index is 0.610. The van der Waals surface area contributed by atoms with Gasteiger partial charge in [0.05, 0.1) is 0 Å². The quantitative estimate of drug-likeness (QED) is 0.278. The first-order valence-electron chi connectivity index (χ1n) is 6.87. The van der Waals surface area contributed by atoms with Crippen molar-refractivity contribution in [3.05, 3.63) is 69.4 Å². The van der Waals surface area contributed by atoms with Crippen molar-refractivity contribution in [2.24, 2.45) is 10.2 Å². The molecule has 8 heteroatoms. The van der Waals surface area contributed by atoms with Crippen LogP contribution in [0.1, 0.15) is 0 Å². The van der Waals surface area contributed by atoms with Gasteiger partial charge in [0.1, 0.15) is 0 Å². The highest BCUT2D eigenvalue weighted by Crippen LogP contribution is 2.23. The summed E-state index contributed by atoms with van der Waals surface area (Å²) in [5.41, 5.74) is 19.1. The molecule has 0 atom stereocenters. The Hall–Kier alpha value is -2.79. The molecule has 0 saturated carbocycles. The second kappa shape index (κ2) is 8.60. The molecular formula is C15H15N7S. The van der Waals surface area contributed by atoms with Crippen LogP contribution in [0.4, 0.5) is 17.1 Å². The Morgan fingerprint density at radius 1 is 0.913 bits per heavy atom. The Morgan fingerprint density at radius 3 is 1.96 bits per heavy atom. The van der Waals surface area contributed by atoms with E-state index in [0.717, 1.165) is 22.9 Å². The maximum Gasteiger partial charge on any atom is 0.0376 e. The average molecular weight is 325 g/mol. The highest BCUT2D eigenvalue weighted by atomic mass is 32.2. The summed E-state index contributed by atoms with van der Waals surface area (Å²) in [6, 6.07) is 15.0. The molecule has 116 valence electrons. The van der Waals surface area contributed by atoms with Crippen LogP contribution < -0.4 is 4.90 Å². The normalized spacial score (nSPS) is 9.61. The van der Waals surface area contributed by atoms with E-state index in [0.29, 0.717) is 11.4 Å². The van der Waals surface area contributed by atoms with Gasteiger partial charge in [0.25, 0.3) is 0 Å². The molecule has 0 aromatic heterocycles. The smallest absolute Gasteiger partial charge is 0.0376 e. The van der Waals surface area contributed by atoms with Crippen LogP contribution in [-0.2, 0) is 0 Å². The van der Waals surface area contributed by atoms with E-state index in [9.17, 15) is 0 Å². The lowest BCUT2D eigenvalue weighted by molar-refractivity contribution is 0.977. The number of azide groups is 2. The molecule has 0 amide bonds. The Labute approximate surface area is 138 Å². The van der Waals surface area contributed by atoms with Crippen molar-refractivity contribution in [1.29, 1.82) is 0 Å². The van der Waals surface area contributed by atoms with Crippen molar-refractivity contribution in [3.8, 4) is 0 Å². The Balaban J connectivity index is 1.85. The highest BCUT2D eigenvalue weighted by molar-refractivity contribution is 7.99. The molecule has 23 heavy (non-hydrogen) atoms. The summed E-state index contributed by atoms with van der Waals surface area (Å²) in [4.78, 5) is 8.79. The van der Waals surface area contributed by atoms with E-state index < -0.39 is 0 Å². The third-order valence-electron chi connectivity index (χ3n) is 3.14. The Kier molecular flexibility index (Phi) is 6.20. The number of benzene rings is 2. The molecule has 0 heterocycles. The van der Waals surface area contributed by atoms with Crippen LogP contribution in [0.3, 0.4) is 0 Å². The van der Waals surface area contributed by atoms with Gasteiger partial charge in [-0.2, -0.15) is 0 Å². The minimum atomic E-state index is 0.610. The van der Waals surface area contributed by atoms with Crippen LogP contribution in [0.15, 0.2) is 63.7 Å². The molecule has 0 spiro atoms. The van der Waals surface area contributed by atoms with E-state index in [2.05, 4.69) is 25.0 Å². The van der Waals surface area contributed by atoms with Gasteiger partial charge in [-0.3, -0.25) is 0 Å². The zero-order valence-corrected chi connectivity index (χ0v) is 13.4.